The predicted molar refractivity (Wildman–Crippen MR) is 37.8 cm³/mol. The topological polar surface area (TPSA) is 3.01 Å². The molecule has 9 heavy (non-hydrogen) atoms. The normalized spacial score (nSPS) is 38.4. The van der Waals surface area contributed by atoms with E-state index in [1.54, 1.807) is 5.70 Å². The van der Waals surface area contributed by atoms with Crippen LogP contribution in [0, 0.1) is 5.41 Å². The lowest BCUT2D eigenvalue weighted by Gasteiger charge is -2.20. The van der Waals surface area contributed by atoms with Gasteiger partial charge in [0, 0.05) is 18.4 Å². The summed E-state index contributed by atoms with van der Waals surface area (Å²) >= 11 is 0. The molecule has 1 fully saturated rings. The van der Waals surface area contributed by atoms with Gasteiger partial charge in [0.2, 0.25) is 0 Å². The van der Waals surface area contributed by atoms with E-state index in [9.17, 15) is 0 Å². The Morgan fingerprint density at radius 1 is 1.78 bits per heavy atom. The number of rotatable bonds is 1. The lowest BCUT2D eigenvalue weighted by molar-refractivity contribution is 0.318. The second kappa shape index (κ2) is 1.34. The standard InChI is InChI=1S/C8H13N/c1-3-8(2)4-7-5-9(7)6-8/h5H,3-4,6H2,1-2H3. The van der Waals surface area contributed by atoms with Crippen LogP contribution < -0.4 is 0 Å². The quantitative estimate of drug-likeness (QED) is 0.515. The van der Waals surface area contributed by atoms with Gasteiger partial charge in [-0.05, 0) is 18.3 Å². The summed E-state index contributed by atoms with van der Waals surface area (Å²) in [7, 11) is 0. The molecule has 50 valence electrons. The van der Waals surface area contributed by atoms with Crippen molar-refractivity contribution >= 4 is 0 Å². The van der Waals surface area contributed by atoms with Gasteiger partial charge in [-0.25, -0.2) is 0 Å². The van der Waals surface area contributed by atoms with Crippen LogP contribution in [0.4, 0.5) is 0 Å². The molecular formula is C8H13N. The Hall–Kier alpha value is -0.460. The molecule has 0 amide bonds. The first-order valence-corrected chi connectivity index (χ1v) is 3.71. The van der Waals surface area contributed by atoms with Crippen molar-refractivity contribution in [1.82, 2.24) is 4.90 Å². The van der Waals surface area contributed by atoms with Crippen molar-refractivity contribution in [3.05, 3.63) is 11.9 Å². The fourth-order valence-electron chi connectivity index (χ4n) is 1.59. The lowest BCUT2D eigenvalue weighted by atomic mass is 9.86. The fourth-order valence-corrected chi connectivity index (χ4v) is 1.59. The van der Waals surface area contributed by atoms with Crippen molar-refractivity contribution in [2.24, 2.45) is 5.41 Å². The van der Waals surface area contributed by atoms with Crippen molar-refractivity contribution in [3.63, 3.8) is 0 Å². The third-order valence-electron chi connectivity index (χ3n) is 2.62. The number of allylic oxidation sites excluding steroid dienone is 1. The highest BCUT2D eigenvalue weighted by Gasteiger charge is 2.40. The monoisotopic (exact) mass is 123 g/mol. The van der Waals surface area contributed by atoms with Gasteiger partial charge >= 0.3 is 0 Å². The van der Waals surface area contributed by atoms with Crippen molar-refractivity contribution in [1.29, 1.82) is 0 Å². The average Bonchev–Trinajstić information content (AvgIpc) is 2.42. The molecule has 2 heterocycles. The summed E-state index contributed by atoms with van der Waals surface area (Å²) in [5.74, 6) is 0. The van der Waals surface area contributed by atoms with E-state index in [1.807, 2.05) is 0 Å². The van der Waals surface area contributed by atoms with Crippen LogP contribution in [0.1, 0.15) is 26.7 Å². The summed E-state index contributed by atoms with van der Waals surface area (Å²) in [5, 5.41) is 0. The Kier molecular flexibility index (Phi) is 0.792. The predicted octanol–water partition coefficient (Wildman–Crippen LogP) is 1.96. The van der Waals surface area contributed by atoms with Crippen molar-refractivity contribution in [3.8, 4) is 0 Å². The van der Waals surface area contributed by atoms with Crippen LogP contribution in [-0.2, 0) is 0 Å². The summed E-state index contributed by atoms with van der Waals surface area (Å²) in [6, 6.07) is 0. The van der Waals surface area contributed by atoms with E-state index in [0.717, 1.165) is 0 Å². The maximum Gasteiger partial charge on any atom is 0.0344 e. The van der Waals surface area contributed by atoms with Crippen LogP contribution >= 0.6 is 0 Å². The van der Waals surface area contributed by atoms with Crippen LogP contribution in [0.25, 0.3) is 0 Å². The number of hydrogen-bond acceptors (Lipinski definition) is 1. The van der Waals surface area contributed by atoms with Gasteiger partial charge in [-0.1, -0.05) is 13.8 Å². The molecular weight excluding hydrogens is 110 g/mol. The second-order valence-electron chi connectivity index (χ2n) is 3.59. The second-order valence-corrected chi connectivity index (χ2v) is 3.59. The Bertz CT molecular complexity index is 171. The minimum atomic E-state index is 0.615. The van der Waals surface area contributed by atoms with E-state index in [2.05, 4.69) is 24.9 Å². The zero-order valence-corrected chi connectivity index (χ0v) is 6.15. The summed E-state index contributed by atoms with van der Waals surface area (Å²) in [6.45, 7) is 5.94. The van der Waals surface area contributed by atoms with Gasteiger partial charge in [0.05, 0.1) is 0 Å². The van der Waals surface area contributed by atoms with E-state index in [-0.39, 0.29) is 0 Å². The largest absolute Gasteiger partial charge is 0.348 e. The van der Waals surface area contributed by atoms with Gasteiger partial charge in [0.1, 0.15) is 0 Å². The molecule has 1 atom stereocenters. The number of fused-ring (bicyclic) bond motifs is 1. The van der Waals surface area contributed by atoms with Crippen LogP contribution in [0.2, 0.25) is 0 Å². The van der Waals surface area contributed by atoms with Crippen molar-refractivity contribution in [2.45, 2.75) is 26.7 Å². The smallest absolute Gasteiger partial charge is 0.0344 e. The van der Waals surface area contributed by atoms with Crippen LogP contribution in [0.15, 0.2) is 11.9 Å². The Balaban J connectivity index is 2.09. The van der Waals surface area contributed by atoms with Gasteiger partial charge in [-0.3, -0.25) is 0 Å². The molecule has 0 bridgehead atoms. The van der Waals surface area contributed by atoms with Gasteiger partial charge in [-0.2, -0.15) is 0 Å². The molecule has 1 unspecified atom stereocenters. The first kappa shape index (κ1) is 5.33. The molecule has 0 radical (unpaired) electrons. The minimum Gasteiger partial charge on any atom is -0.348 e. The van der Waals surface area contributed by atoms with Gasteiger partial charge < -0.3 is 4.90 Å². The zero-order chi connectivity index (χ0) is 6.48. The molecule has 0 N–H and O–H groups in total. The van der Waals surface area contributed by atoms with Crippen molar-refractivity contribution in [2.75, 3.05) is 6.54 Å². The first-order chi connectivity index (χ1) is 4.23. The van der Waals surface area contributed by atoms with E-state index in [1.165, 1.54) is 19.4 Å². The summed E-state index contributed by atoms with van der Waals surface area (Å²) < 4.78 is 0. The third-order valence-corrected chi connectivity index (χ3v) is 2.62. The maximum atomic E-state index is 2.38. The van der Waals surface area contributed by atoms with Gasteiger partial charge in [0.25, 0.3) is 0 Å². The number of hydrogen-bond donors (Lipinski definition) is 0. The molecule has 1 nitrogen and oxygen atoms in total. The zero-order valence-electron chi connectivity index (χ0n) is 6.15. The van der Waals surface area contributed by atoms with Crippen LogP contribution in [-0.4, -0.2) is 11.4 Å². The first-order valence-electron chi connectivity index (χ1n) is 3.71. The van der Waals surface area contributed by atoms with E-state index < -0.39 is 0 Å². The molecule has 0 aromatic rings. The highest BCUT2D eigenvalue weighted by Crippen LogP contribution is 2.46. The molecule has 0 spiro atoms. The molecule has 0 aromatic heterocycles. The molecule has 2 aliphatic heterocycles. The third kappa shape index (κ3) is 0.673. The van der Waals surface area contributed by atoms with Gasteiger partial charge in [-0.15, -0.1) is 0 Å². The maximum absolute atomic E-state index is 2.38. The summed E-state index contributed by atoms with van der Waals surface area (Å²) in [5.41, 5.74) is 2.20. The van der Waals surface area contributed by atoms with E-state index in [0.29, 0.717) is 5.41 Å². The lowest BCUT2D eigenvalue weighted by Crippen LogP contribution is -2.18. The molecule has 0 aliphatic carbocycles. The molecule has 2 aliphatic rings. The van der Waals surface area contributed by atoms with Crippen LogP contribution in [0.5, 0.6) is 0 Å². The Morgan fingerprint density at radius 2 is 2.56 bits per heavy atom. The molecule has 1 heteroatoms. The van der Waals surface area contributed by atoms with Crippen molar-refractivity contribution < 1.29 is 0 Å². The Labute approximate surface area is 56.4 Å². The van der Waals surface area contributed by atoms with Gasteiger partial charge in [0.15, 0.2) is 0 Å². The molecule has 0 aromatic carbocycles. The Morgan fingerprint density at radius 3 is 2.89 bits per heavy atom. The summed E-state index contributed by atoms with van der Waals surface area (Å²) in [4.78, 5) is 2.38. The minimum absolute atomic E-state index is 0.615. The van der Waals surface area contributed by atoms with Crippen LogP contribution in [0.3, 0.4) is 0 Å². The summed E-state index contributed by atoms with van der Waals surface area (Å²) in [6.07, 6.45) is 4.90. The molecule has 0 saturated carbocycles. The van der Waals surface area contributed by atoms with E-state index in [4.69, 9.17) is 0 Å². The fraction of sp³-hybridized carbons (Fsp3) is 0.750. The number of nitrogens with zero attached hydrogens (tertiary/aromatic N) is 1. The highest BCUT2D eigenvalue weighted by molar-refractivity contribution is 5.26. The van der Waals surface area contributed by atoms with E-state index >= 15 is 0 Å². The highest BCUT2D eigenvalue weighted by atomic mass is 15.3. The molecule has 2 rings (SSSR count). The SMILES string of the molecule is CCC1(C)CC2=CN2C1. The molecule has 1 saturated heterocycles. The average molecular weight is 123 g/mol.